The minimum atomic E-state index is 0.169. The second-order valence-corrected chi connectivity index (χ2v) is 4.93. The van der Waals surface area contributed by atoms with E-state index in [9.17, 15) is 0 Å². The van der Waals surface area contributed by atoms with Crippen LogP contribution in [0.4, 0.5) is 0 Å². The molecule has 1 N–H and O–H groups in total. The Morgan fingerprint density at radius 2 is 1.76 bits per heavy atom. The van der Waals surface area contributed by atoms with Gasteiger partial charge in [-0.3, -0.25) is 0 Å². The maximum atomic E-state index is 5.87. The van der Waals surface area contributed by atoms with Crippen molar-refractivity contribution in [3.8, 4) is 11.5 Å². The molecule has 1 atom stereocenters. The molecule has 3 nitrogen and oxygen atoms in total. The third kappa shape index (κ3) is 4.23. The fourth-order valence-electron chi connectivity index (χ4n) is 2.20. The normalized spacial score (nSPS) is 12.0. The van der Waals surface area contributed by atoms with Gasteiger partial charge < -0.3 is 14.8 Å². The second-order valence-electron chi connectivity index (χ2n) is 4.93. The first-order valence-corrected chi connectivity index (χ1v) is 7.29. The molecule has 21 heavy (non-hydrogen) atoms. The lowest BCUT2D eigenvalue weighted by Gasteiger charge is -2.18. The Morgan fingerprint density at radius 1 is 1.05 bits per heavy atom. The van der Waals surface area contributed by atoms with Crippen LogP contribution in [-0.4, -0.2) is 20.8 Å². The van der Waals surface area contributed by atoms with Crippen LogP contribution in [-0.2, 0) is 6.42 Å². The zero-order chi connectivity index (χ0) is 15.1. The smallest absolute Gasteiger partial charge is 0.123 e. The van der Waals surface area contributed by atoms with Crippen molar-refractivity contribution in [2.75, 3.05) is 20.8 Å². The summed E-state index contributed by atoms with van der Waals surface area (Å²) in [6.07, 6.45) is 1.06. The van der Waals surface area contributed by atoms with Crippen molar-refractivity contribution < 1.29 is 9.47 Å². The molecule has 2 aromatic rings. The highest BCUT2D eigenvalue weighted by Crippen LogP contribution is 2.21. The van der Waals surface area contributed by atoms with E-state index in [-0.39, 0.29) is 6.04 Å². The van der Waals surface area contributed by atoms with E-state index in [0.29, 0.717) is 6.61 Å². The highest BCUT2D eigenvalue weighted by atomic mass is 16.5. The van der Waals surface area contributed by atoms with E-state index < -0.39 is 0 Å². The largest absolute Gasteiger partial charge is 0.497 e. The molecule has 0 aliphatic heterocycles. The van der Waals surface area contributed by atoms with Crippen LogP contribution in [0.1, 0.15) is 24.1 Å². The number of likely N-dealkylation sites (N-methyl/N-ethyl adjacent to an activating group) is 1. The van der Waals surface area contributed by atoms with Crippen LogP contribution >= 0.6 is 0 Å². The minimum Gasteiger partial charge on any atom is -0.497 e. The molecular weight excluding hydrogens is 262 g/mol. The highest BCUT2D eigenvalue weighted by Gasteiger charge is 2.10. The molecule has 0 saturated heterocycles. The van der Waals surface area contributed by atoms with E-state index in [1.54, 1.807) is 7.11 Å². The molecule has 0 spiro atoms. The average molecular weight is 285 g/mol. The van der Waals surface area contributed by atoms with Crippen molar-refractivity contribution in [1.82, 2.24) is 5.32 Å². The lowest BCUT2D eigenvalue weighted by molar-refractivity contribution is 0.271. The van der Waals surface area contributed by atoms with E-state index in [1.807, 2.05) is 31.3 Å². The molecule has 0 amide bonds. The first-order valence-electron chi connectivity index (χ1n) is 7.29. The molecule has 0 radical (unpaired) electrons. The SMILES string of the molecule is CCc1ccc(C(COc2cccc(OC)c2)NC)cc1. The summed E-state index contributed by atoms with van der Waals surface area (Å²) < 4.78 is 11.1. The Hall–Kier alpha value is -2.00. The Bertz CT molecular complexity index is 551. The van der Waals surface area contributed by atoms with Gasteiger partial charge in [0.05, 0.1) is 13.2 Å². The summed E-state index contributed by atoms with van der Waals surface area (Å²) in [5, 5.41) is 3.30. The molecule has 0 fully saturated rings. The van der Waals surface area contributed by atoms with Crippen molar-refractivity contribution in [1.29, 1.82) is 0 Å². The lowest BCUT2D eigenvalue weighted by atomic mass is 10.0. The quantitative estimate of drug-likeness (QED) is 0.843. The fourth-order valence-corrected chi connectivity index (χ4v) is 2.20. The molecule has 1 unspecified atom stereocenters. The number of ether oxygens (including phenoxy) is 2. The first-order chi connectivity index (χ1) is 10.3. The summed E-state index contributed by atoms with van der Waals surface area (Å²) in [4.78, 5) is 0. The van der Waals surface area contributed by atoms with Gasteiger partial charge in [0.25, 0.3) is 0 Å². The maximum Gasteiger partial charge on any atom is 0.123 e. The second kappa shape index (κ2) is 7.70. The topological polar surface area (TPSA) is 30.5 Å². The number of aryl methyl sites for hydroxylation is 1. The van der Waals surface area contributed by atoms with Crippen LogP contribution < -0.4 is 14.8 Å². The summed E-state index contributed by atoms with van der Waals surface area (Å²) >= 11 is 0. The monoisotopic (exact) mass is 285 g/mol. The molecule has 0 aliphatic rings. The number of nitrogens with one attached hydrogen (secondary N) is 1. The molecule has 2 rings (SSSR count). The van der Waals surface area contributed by atoms with Gasteiger partial charge in [0.2, 0.25) is 0 Å². The Kier molecular flexibility index (Phi) is 5.64. The summed E-state index contributed by atoms with van der Waals surface area (Å²) in [6, 6.07) is 16.5. The minimum absolute atomic E-state index is 0.169. The van der Waals surface area contributed by atoms with Gasteiger partial charge in [0.1, 0.15) is 18.1 Å². The van der Waals surface area contributed by atoms with Crippen molar-refractivity contribution in [2.45, 2.75) is 19.4 Å². The highest BCUT2D eigenvalue weighted by molar-refractivity contribution is 5.33. The van der Waals surface area contributed by atoms with Crippen molar-refractivity contribution in [3.63, 3.8) is 0 Å². The summed E-state index contributed by atoms with van der Waals surface area (Å²) in [7, 11) is 3.61. The zero-order valence-electron chi connectivity index (χ0n) is 12.9. The number of benzene rings is 2. The van der Waals surface area contributed by atoms with Gasteiger partial charge in [-0.15, -0.1) is 0 Å². The van der Waals surface area contributed by atoms with Crippen LogP contribution in [0.2, 0.25) is 0 Å². The molecular formula is C18H23NO2. The molecule has 2 aromatic carbocycles. The van der Waals surface area contributed by atoms with Crippen LogP contribution in [0, 0.1) is 0 Å². The molecule has 0 saturated carbocycles. The summed E-state index contributed by atoms with van der Waals surface area (Å²) in [6.45, 7) is 2.74. The average Bonchev–Trinajstić information content (AvgIpc) is 2.56. The van der Waals surface area contributed by atoms with Gasteiger partial charge in [-0.2, -0.15) is 0 Å². The van der Waals surface area contributed by atoms with E-state index >= 15 is 0 Å². The van der Waals surface area contributed by atoms with E-state index in [4.69, 9.17) is 9.47 Å². The number of hydrogen-bond donors (Lipinski definition) is 1. The van der Waals surface area contributed by atoms with Crippen molar-refractivity contribution in [3.05, 3.63) is 59.7 Å². The van der Waals surface area contributed by atoms with Crippen molar-refractivity contribution >= 4 is 0 Å². The van der Waals surface area contributed by atoms with E-state index in [2.05, 4.69) is 36.5 Å². The van der Waals surface area contributed by atoms with E-state index in [0.717, 1.165) is 17.9 Å². The van der Waals surface area contributed by atoms with Crippen LogP contribution in [0.5, 0.6) is 11.5 Å². The van der Waals surface area contributed by atoms with Crippen LogP contribution in [0.15, 0.2) is 48.5 Å². The molecule has 3 heteroatoms. The molecule has 0 aliphatic carbocycles. The van der Waals surface area contributed by atoms with Gasteiger partial charge in [-0.05, 0) is 36.7 Å². The van der Waals surface area contributed by atoms with Gasteiger partial charge in [-0.1, -0.05) is 37.3 Å². The van der Waals surface area contributed by atoms with Gasteiger partial charge in [-0.25, -0.2) is 0 Å². The van der Waals surface area contributed by atoms with Gasteiger partial charge in [0.15, 0.2) is 0 Å². The predicted molar refractivity (Wildman–Crippen MR) is 86.1 cm³/mol. The number of rotatable bonds is 7. The van der Waals surface area contributed by atoms with Crippen molar-refractivity contribution in [2.24, 2.45) is 0 Å². The Labute approximate surface area is 126 Å². The fraction of sp³-hybridized carbons (Fsp3) is 0.333. The maximum absolute atomic E-state index is 5.87. The summed E-state index contributed by atoms with van der Waals surface area (Å²) in [5.41, 5.74) is 2.58. The van der Waals surface area contributed by atoms with Crippen LogP contribution in [0.3, 0.4) is 0 Å². The standard InChI is InChI=1S/C18H23NO2/c1-4-14-8-10-15(11-9-14)18(19-2)13-21-17-7-5-6-16(12-17)20-3/h5-12,18-19H,4,13H2,1-3H3. The van der Waals surface area contributed by atoms with Crippen LogP contribution in [0.25, 0.3) is 0 Å². The lowest BCUT2D eigenvalue weighted by Crippen LogP contribution is -2.23. The molecule has 0 heterocycles. The van der Waals surface area contributed by atoms with Gasteiger partial charge >= 0.3 is 0 Å². The third-order valence-electron chi connectivity index (χ3n) is 3.60. The first kappa shape index (κ1) is 15.4. The predicted octanol–water partition coefficient (Wildman–Crippen LogP) is 3.60. The molecule has 0 aromatic heterocycles. The van der Waals surface area contributed by atoms with Gasteiger partial charge in [0, 0.05) is 6.07 Å². The number of methoxy groups -OCH3 is 1. The Morgan fingerprint density at radius 3 is 2.38 bits per heavy atom. The summed E-state index contributed by atoms with van der Waals surface area (Å²) in [5.74, 6) is 1.63. The Balaban J connectivity index is 2.01. The van der Waals surface area contributed by atoms with E-state index in [1.165, 1.54) is 11.1 Å². The molecule has 112 valence electrons. The molecule has 0 bridgehead atoms. The number of hydrogen-bond acceptors (Lipinski definition) is 3. The zero-order valence-corrected chi connectivity index (χ0v) is 12.9. The third-order valence-corrected chi connectivity index (χ3v) is 3.60.